The van der Waals surface area contributed by atoms with E-state index in [1.165, 1.54) is 50.7 Å². The fourth-order valence-corrected chi connectivity index (χ4v) is 19.7. The van der Waals surface area contributed by atoms with Crippen LogP contribution in [-0.2, 0) is 133 Å². The number of benzene rings is 2. The summed E-state index contributed by atoms with van der Waals surface area (Å²) in [5, 5.41) is 0. The Hall–Kier alpha value is -11.3. The number of carbonyl (C=O) groups excluding carboxylic acids is 12. The van der Waals surface area contributed by atoms with Crippen LogP contribution >= 0.6 is 0 Å². The van der Waals surface area contributed by atoms with Crippen molar-refractivity contribution in [1.29, 1.82) is 0 Å². The van der Waals surface area contributed by atoms with Crippen molar-refractivity contribution in [2.24, 2.45) is 93.7 Å². The number of carbonyl (C=O) groups is 12. The van der Waals surface area contributed by atoms with E-state index in [9.17, 15) is 57.5 Å². The van der Waals surface area contributed by atoms with Gasteiger partial charge in [0.1, 0.15) is 49.1 Å². The maximum atomic E-state index is 11.8. The number of fused-ring (bicyclic) bond motifs is 10. The van der Waals surface area contributed by atoms with E-state index in [-0.39, 0.29) is 79.8 Å². The largest absolute Gasteiger partial charge is 0.462 e. The zero-order chi connectivity index (χ0) is 101. The van der Waals surface area contributed by atoms with Gasteiger partial charge in [-0.15, -0.1) is 0 Å². The van der Waals surface area contributed by atoms with Gasteiger partial charge in [0.15, 0.2) is 6.29 Å². The monoisotopic (exact) mass is 1910 g/mol. The van der Waals surface area contributed by atoms with E-state index in [1.54, 1.807) is 80.4 Å². The Balaban J connectivity index is 0.000000252. The van der Waals surface area contributed by atoms with Gasteiger partial charge in [-0.25, -0.2) is 57.5 Å². The van der Waals surface area contributed by atoms with E-state index in [1.807, 2.05) is 45.0 Å². The predicted molar refractivity (Wildman–Crippen MR) is 510 cm³/mol. The second kappa shape index (κ2) is 57.2. The second-order valence-electron chi connectivity index (χ2n) is 37.2. The molecule has 4 bridgehead atoms. The quantitative estimate of drug-likeness (QED) is 0.0258. The molecule has 0 spiro atoms. The highest BCUT2D eigenvalue weighted by Gasteiger charge is 2.58. The smallest absolute Gasteiger partial charge is 0.335 e. The SMILES string of the molecule is C=C(C)C(=O)OC(COC)C1CCC(OC)C(OC(=O)C(=C)C)C1.C=C(C)C(=O)OCC1CC2C3CC(COC(=O)C(=C)C)C(C3)C2C1.C=CC(=O)OC(COC)C1CCC(OC)C(OC(=O)C=C)C1.C=CC(=O)OCC1(CC)COC(C(C)(C)COC(=O)C=C)OC1.C=CC(=O)OCC1CC2C3CC(COC(=O)C=C)C(C3)C2C1.C=CC(=O)Oc1ccc(-c2ccc(OC(=O)C=C)cc2)cc1. The summed E-state index contributed by atoms with van der Waals surface area (Å²) in [5.41, 5.74) is 2.63. The highest BCUT2D eigenvalue weighted by atomic mass is 16.7. The molecule has 11 rings (SSSR count). The topological polar surface area (TPSA) is 371 Å². The minimum atomic E-state index is -0.505. The Kier molecular flexibility index (Phi) is 47.8. The Morgan fingerprint density at radius 3 is 1.17 bits per heavy atom. The Labute approximate surface area is 807 Å². The molecule has 20 unspecified atom stereocenters. The summed E-state index contributed by atoms with van der Waals surface area (Å²) in [6, 6.07) is 14.1. The molecule has 8 aliphatic carbocycles. The lowest BCUT2D eigenvalue weighted by atomic mass is 9.76. The summed E-state index contributed by atoms with van der Waals surface area (Å²) in [6.45, 7) is 57.7. The number of rotatable bonds is 41. The summed E-state index contributed by atoms with van der Waals surface area (Å²) in [4.78, 5) is 137. The molecule has 30 nitrogen and oxygen atoms in total. The molecule has 0 aromatic heterocycles. The zero-order valence-electron chi connectivity index (χ0n) is 81.8. The van der Waals surface area contributed by atoms with E-state index in [2.05, 4.69) is 78.9 Å². The molecule has 20 atom stereocenters. The molecule has 2 aromatic carbocycles. The molecule has 0 amide bonds. The van der Waals surface area contributed by atoms with Crippen molar-refractivity contribution in [2.45, 2.75) is 188 Å². The van der Waals surface area contributed by atoms with Crippen molar-refractivity contribution >= 4 is 71.6 Å². The van der Waals surface area contributed by atoms with Crippen molar-refractivity contribution in [3.8, 4) is 22.6 Å². The van der Waals surface area contributed by atoms with Gasteiger partial charge >= 0.3 is 71.6 Å². The molecule has 1 heterocycles. The third-order valence-corrected chi connectivity index (χ3v) is 26.9. The first-order valence-electron chi connectivity index (χ1n) is 46.6. The fourth-order valence-electron chi connectivity index (χ4n) is 19.7. The van der Waals surface area contributed by atoms with Crippen molar-refractivity contribution in [3.05, 3.63) is 198 Å². The van der Waals surface area contributed by atoms with Crippen LogP contribution in [0.5, 0.6) is 11.5 Å². The number of methoxy groups -OCH3 is 4. The van der Waals surface area contributed by atoms with Crippen LogP contribution < -0.4 is 9.47 Å². The lowest BCUT2D eigenvalue weighted by Crippen LogP contribution is -2.50. The molecule has 1 saturated heterocycles. The predicted octanol–water partition coefficient (Wildman–Crippen LogP) is 16.1. The average Bonchev–Trinajstić information content (AvgIpc) is 1.59. The van der Waals surface area contributed by atoms with Crippen LogP contribution in [0.2, 0.25) is 0 Å². The standard InChI is InChI=1S/C20H28O4.C18H28O6.C18H24O4.C18H14O4.C17H26O6.C16H24O6/c1-11(2)19(21)23-9-13-5-16-14-7-15(10-24-20(22)12(3)4)17(8-14)18(16)6-13;1-11(2)17(19)23-15-9-13(7-8-14(15)22-6)16(10-21-5)24-18(20)12(3)4;1-3-17(19)21-9-11-5-14-12-7-13(10-22-18(20)4-2)15(8-12)16(14)6-11;1-3-17(19)21-15-9-5-13(6-10-15)14-7-11-16(12-8-14)22-18(20)4-2;1-6-13(18)20-9-16(4,5)15-22-11-17(8-3,12-23-15)10-21-14(19)7-2;1-5-15(17)21-13-9-11(7-8-12(13)20-4)14(10-19-3)22-16(18)6-2/h13-18H,1,3,5-10H2,2,4H3;13-16H,1,3,7-10H2,2,4-6H3;3-4,11-16H,1-2,5-10H2;3-12H,1-2H2;6-7,15H,1-2,8-12H2,3-5H3;5-6,11-14H,1-2,7-10H2,3-4H3. The Morgan fingerprint density at radius 2 is 0.766 bits per heavy atom. The minimum Gasteiger partial charge on any atom is -0.462 e. The molecule has 2 aromatic rings. The molecule has 0 N–H and O–H groups in total. The van der Waals surface area contributed by atoms with Gasteiger partial charge in [0.25, 0.3) is 0 Å². The first-order valence-corrected chi connectivity index (χ1v) is 46.6. The normalized spacial score (nSPS) is 26.7. The number of ether oxygens (including phenoxy) is 18. The van der Waals surface area contributed by atoms with Crippen LogP contribution in [0.15, 0.2) is 198 Å². The van der Waals surface area contributed by atoms with Crippen molar-refractivity contribution in [2.75, 3.05) is 94.5 Å². The van der Waals surface area contributed by atoms with Gasteiger partial charge in [-0.3, -0.25) is 0 Å². The van der Waals surface area contributed by atoms with Gasteiger partial charge in [-0.1, -0.05) is 124 Å². The molecule has 8 saturated carbocycles. The van der Waals surface area contributed by atoms with Crippen LogP contribution in [0.3, 0.4) is 0 Å². The summed E-state index contributed by atoms with van der Waals surface area (Å²) >= 11 is 0. The summed E-state index contributed by atoms with van der Waals surface area (Å²) in [5.74, 6) is 3.77. The molecule has 1 aliphatic heterocycles. The van der Waals surface area contributed by atoms with Crippen LogP contribution in [0.4, 0.5) is 0 Å². The average molecular weight is 1910 g/mol. The van der Waals surface area contributed by atoms with Gasteiger partial charge in [0, 0.05) is 117 Å². The van der Waals surface area contributed by atoms with E-state index >= 15 is 0 Å². The number of hydrogen-bond donors (Lipinski definition) is 0. The maximum Gasteiger partial charge on any atom is 0.335 e. The van der Waals surface area contributed by atoms with Gasteiger partial charge in [0.2, 0.25) is 0 Å². The highest BCUT2D eigenvalue weighted by molar-refractivity contribution is 5.89. The van der Waals surface area contributed by atoms with Gasteiger partial charge in [-0.05, 0) is 230 Å². The van der Waals surface area contributed by atoms with E-state index < -0.39 is 83.9 Å². The molecule has 137 heavy (non-hydrogen) atoms. The maximum absolute atomic E-state index is 11.8. The van der Waals surface area contributed by atoms with E-state index in [0.717, 1.165) is 109 Å². The summed E-state index contributed by atoms with van der Waals surface area (Å²) in [7, 11) is 6.29. The lowest BCUT2D eigenvalue weighted by molar-refractivity contribution is -0.280. The summed E-state index contributed by atoms with van der Waals surface area (Å²) in [6.07, 6.45) is 21.1. The first-order chi connectivity index (χ1) is 65.2. The van der Waals surface area contributed by atoms with E-state index in [0.29, 0.717) is 141 Å². The van der Waals surface area contributed by atoms with Crippen LogP contribution in [0, 0.1) is 93.7 Å². The van der Waals surface area contributed by atoms with Gasteiger partial charge < -0.3 is 85.3 Å². The lowest BCUT2D eigenvalue weighted by Gasteiger charge is -2.43. The van der Waals surface area contributed by atoms with E-state index in [4.69, 9.17) is 85.3 Å². The third kappa shape index (κ3) is 35.6. The molecule has 30 heteroatoms. The van der Waals surface area contributed by atoms with Crippen molar-refractivity contribution in [1.82, 2.24) is 0 Å². The molecular weight excluding hydrogens is 1770 g/mol. The van der Waals surface area contributed by atoms with Crippen LogP contribution in [0.1, 0.15) is 145 Å². The molecular formula is C107H144O30. The van der Waals surface area contributed by atoms with Crippen LogP contribution in [0.25, 0.3) is 11.1 Å². The Morgan fingerprint density at radius 1 is 0.394 bits per heavy atom. The molecule has 0 radical (unpaired) electrons. The van der Waals surface area contributed by atoms with Gasteiger partial charge in [-0.2, -0.15) is 0 Å². The van der Waals surface area contributed by atoms with Gasteiger partial charge in [0.05, 0.1) is 70.5 Å². The second-order valence-corrected chi connectivity index (χ2v) is 37.2. The summed E-state index contributed by atoms with van der Waals surface area (Å²) < 4.78 is 95.9. The zero-order valence-corrected chi connectivity index (χ0v) is 81.8. The first kappa shape index (κ1) is 114. The number of esters is 12. The fraction of sp³-hybridized carbons (Fsp3) is 0.551. The Bertz CT molecular complexity index is 4410. The third-order valence-electron chi connectivity index (χ3n) is 26.9. The molecule has 9 fully saturated rings. The molecule has 9 aliphatic rings. The van der Waals surface area contributed by atoms with Crippen molar-refractivity contribution < 1.29 is 143 Å². The van der Waals surface area contributed by atoms with Crippen LogP contribution in [-0.4, -0.2) is 209 Å². The highest BCUT2D eigenvalue weighted by Crippen LogP contribution is 2.64. The molecule has 752 valence electrons. The number of hydrogen-bond acceptors (Lipinski definition) is 30. The van der Waals surface area contributed by atoms with Crippen molar-refractivity contribution in [3.63, 3.8) is 0 Å². The minimum absolute atomic E-state index is 0.0163.